The molecule has 0 aliphatic rings. The number of aliphatic hydroxyl groups excluding tert-OH is 4. The fraction of sp³-hybridized carbons (Fsp3) is 0.711. The van der Waals surface area contributed by atoms with Gasteiger partial charge in [-0.3, -0.25) is 24.4 Å². The predicted molar refractivity (Wildman–Crippen MR) is 233 cm³/mol. The molecule has 63 heavy (non-hydrogen) atoms. The van der Waals surface area contributed by atoms with E-state index in [9.17, 15) is 24.6 Å². The first-order chi connectivity index (χ1) is 30.0. The maximum atomic E-state index is 12.9. The molecule has 2 aromatic heterocycles. The van der Waals surface area contributed by atoms with Gasteiger partial charge in [0.1, 0.15) is 29.3 Å². The molecule has 0 spiro atoms. The zero-order valence-corrected chi connectivity index (χ0v) is 38.7. The third-order valence-electron chi connectivity index (χ3n) is 8.27. The number of esters is 2. The number of aliphatic hydroxyl groups is 4. The van der Waals surface area contributed by atoms with Crippen LogP contribution in [-0.4, -0.2) is 144 Å². The van der Waals surface area contributed by atoms with Crippen molar-refractivity contribution >= 4 is 17.8 Å². The van der Waals surface area contributed by atoms with E-state index in [-0.39, 0.29) is 76.9 Å². The Morgan fingerprint density at radius 1 is 0.508 bits per heavy atom. The van der Waals surface area contributed by atoms with E-state index in [1.165, 1.54) is 0 Å². The molecule has 1 amide bonds. The number of unbranched alkanes of at least 4 members (excludes halogenated alkanes) is 3. The van der Waals surface area contributed by atoms with Crippen molar-refractivity contribution in [1.82, 2.24) is 14.9 Å². The number of hydrogen-bond acceptors (Lipinski definition) is 17. The molecule has 18 heteroatoms. The number of amides is 1. The second-order valence-electron chi connectivity index (χ2n) is 16.3. The van der Waals surface area contributed by atoms with Crippen molar-refractivity contribution in [3.8, 4) is 11.5 Å². The van der Waals surface area contributed by atoms with Gasteiger partial charge in [0.15, 0.2) is 0 Å². The molecule has 18 nitrogen and oxygen atoms in total. The Hall–Kier alpha value is -4.01. The molecule has 2 heterocycles. The average Bonchev–Trinajstić information content (AvgIpc) is 3.23. The van der Waals surface area contributed by atoms with E-state index in [1.807, 2.05) is 41.5 Å². The SMILES string of the molecule is CC(C)(C)OC(=O)CCCCCCOc1cc(CO)nc(CO)c1.COCCOCCOCCOCCC(=O)N(CCCC(=O)OC(C)(C)C)CCOc1cc(CO)nc(CO)c1. The molecule has 0 radical (unpaired) electrons. The van der Waals surface area contributed by atoms with Crippen molar-refractivity contribution in [2.75, 3.05) is 79.7 Å². The predicted octanol–water partition coefficient (Wildman–Crippen LogP) is 4.22. The van der Waals surface area contributed by atoms with E-state index in [4.69, 9.17) is 48.1 Å². The van der Waals surface area contributed by atoms with Gasteiger partial charge >= 0.3 is 11.9 Å². The summed E-state index contributed by atoms with van der Waals surface area (Å²) < 4.78 is 43.2. The monoisotopic (exact) mass is 898 g/mol. The number of pyridine rings is 2. The summed E-state index contributed by atoms with van der Waals surface area (Å²) in [7, 11) is 1.62. The van der Waals surface area contributed by atoms with Crippen LogP contribution in [0.3, 0.4) is 0 Å². The van der Waals surface area contributed by atoms with Gasteiger partial charge in [-0.2, -0.15) is 0 Å². The number of methoxy groups -OCH3 is 1. The third-order valence-corrected chi connectivity index (χ3v) is 8.27. The summed E-state index contributed by atoms with van der Waals surface area (Å²) in [4.78, 5) is 46.3. The van der Waals surface area contributed by atoms with Gasteiger partial charge in [-0.15, -0.1) is 0 Å². The Morgan fingerprint density at radius 2 is 0.921 bits per heavy atom. The quantitative estimate of drug-likeness (QED) is 0.0594. The molecule has 2 rings (SSSR count). The summed E-state index contributed by atoms with van der Waals surface area (Å²) in [6.07, 6.45) is 4.85. The molecule has 0 aromatic carbocycles. The van der Waals surface area contributed by atoms with Crippen LogP contribution < -0.4 is 9.47 Å². The lowest BCUT2D eigenvalue weighted by atomic mass is 10.1. The highest BCUT2D eigenvalue weighted by atomic mass is 16.6. The van der Waals surface area contributed by atoms with Crippen molar-refractivity contribution < 1.29 is 72.7 Å². The number of carbonyl (C=O) groups is 3. The second-order valence-corrected chi connectivity index (χ2v) is 16.3. The van der Waals surface area contributed by atoms with Crippen molar-refractivity contribution in [2.24, 2.45) is 0 Å². The Bertz CT molecular complexity index is 1500. The molecule has 0 atom stereocenters. The first-order valence-electron chi connectivity index (χ1n) is 21.6. The lowest BCUT2D eigenvalue weighted by molar-refractivity contribution is -0.156. The summed E-state index contributed by atoms with van der Waals surface area (Å²) in [5.74, 6) is 0.447. The zero-order chi connectivity index (χ0) is 46.9. The summed E-state index contributed by atoms with van der Waals surface area (Å²) in [5, 5.41) is 37.0. The molecule has 0 unspecified atom stereocenters. The molecule has 0 aliphatic heterocycles. The second kappa shape index (κ2) is 33.5. The number of nitrogens with zero attached hydrogens (tertiary/aromatic N) is 3. The maximum absolute atomic E-state index is 12.9. The Balaban J connectivity index is 0.000000706. The standard InChI is InChI=1S/C27H46N2O10.C18H29NO5/c1-27(2,3)39-26(33)6-5-8-29(9-11-38-24-18-22(20-30)28-23(19-24)21-31)25(32)7-10-35-14-15-37-17-16-36-13-12-34-4;1-18(2,3)24-17(22)8-6-4-5-7-9-23-16-10-14(12-20)19-15(11-16)13-21/h18-19,30-31H,5-17,20-21H2,1-4H3;10-11,20-21H,4-9,12-13H2,1-3H3. The number of ether oxygens (including phenoxy) is 8. The van der Waals surface area contributed by atoms with Crippen molar-refractivity contribution in [3.63, 3.8) is 0 Å². The first kappa shape index (κ1) is 57.0. The van der Waals surface area contributed by atoms with Gasteiger partial charge in [-0.05, 0) is 60.8 Å². The molecule has 2 aromatic rings. The minimum Gasteiger partial charge on any atom is -0.493 e. The fourth-order valence-electron chi connectivity index (χ4n) is 5.48. The zero-order valence-electron chi connectivity index (χ0n) is 38.7. The fourth-order valence-corrected chi connectivity index (χ4v) is 5.48. The van der Waals surface area contributed by atoms with Crippen LogP contribution in [0.2, 0.25) is 0 Å². The molecule has 0 fully saturated rings. The summed E-state index contributed by atoms with van der Waals surface area (Å²) in [5.41, 5.74) is 0.728. The normalized spacial score (nSPS) is 11.4. The van der Waals surface area contributed by atoms with Crippen molar-refractivity contribution in [1.29, 1.82) is 0 Å². The largest absolute Gasteiger partial charge is 0.493 e. The van der Waals surface area contributed by atoms with Crippen LogP contribution in [-0.2, 0) is 69.2 Å². The van der Waals surface area contributed by atoms with Gasteiger partial charge in [-0.25, -0.2) is 0 Å². The first-order valence-corrected chi connectivity index (χ1v) is 21.6. The maximum Gasteiger partial charge on any atom is 0.306 e. The van der Waals surface area contributed by atoms with Crippen LogP contribution in [0.15, 0.2) is 24.3 Å². The van der Waals surface area contributed by atoms with Gasteiger partial charge in [-0.1, -0.05) is 12.8 Å². The van der Waals surface area contributed by atoms with E-state index >= 15 is 0 Å². The van der Waals surface area contributed by atoms with Crippen LogP contribution in [0.1, 0.15) is 116 Å². The summed E-state index contributed by atoms with van der Waals surface area (Å²) in [6, 6.07) is 6.49. The third kappa shape index (κ3) is 30.7. The minimum absolute atomic E-state index is 0.128. The van der Waals surface area contributed by atoms with E-state index in [0.29, 0.717) is 99.9 Å². The van der Waals surface area contributed by atoms with Gasteiger partial charge in [0.2, 0.25) is 5.91 Å². The highest BCUT2D eigenvalue weighted by Gasteiger charge is 2.19. The molecular weight excluding hydrogens is 823 g/mol. The summed E-state index contributed by atoms with van der Waals surface area (Å²) in [6.45, 7) is 14.4. The van der Waals surface area contributed by atoms with E-state index in [1.54, 1.807) is 36.3 Å². The van der Waals surface area contributed by atoms with Crippen LogP contribution in [0.5, 0.6) is 11.5 Å². The molecule has 0 bridgehead atoms. The topological polar surface area (TPSA) is 235 Å². The highest BCUT2D eigenvalue weighted by molar-refractivity contribution is 5.76. The molecule has 0 aliphatic carbocycles. The molecular formula is C45H75N3O15. The van der Waals surface area contributed by atoms with E-state index < -0.39 is 11.2 Å². The lowest BCUT2D eigenvalue weighted by Crippen LogP contribution is -2.36. The smallest absolute Gasteiger partial charge is 0.306 e. The number of hydrogen-bond donors (Lipinski definition) is 4. The van der Waals surface area contributed by atoms with E-state index in [2.05, 4.69) is 9.97 Å². The number of aromatic nitrogens is 2. The summed E-state index contributed by atoms with van der Waals surface area (Å²) >= 11 is 0. The minimum atomic E-state index is -0.566. The van der Waals surface area contributed by atoms with Gasteiger partial charge in [0.25, 0.3) is 0 Å². The van der Waals surface area contributed by atoms with Crippen molar-refractivity contribution in [3.05, 3.63) is 47.0 Å². The van der Waals surface area contributed by atoms with Crippen LogP contribution in [0.4, 0.5) is 0 Å². The van der Waals surface area contributed by atoms with Crippen molar-refractivity contribution in [2.45, 2.75) is 131 Å². The Kier molecular flexibility index (Phi) is 30.3. The molecule has 360 valence electrons. The van der Waals surface area contributed by atoms with Crippen LogP contribution in [0, 0.1) is 0 Å². The lowest BCUT2D eigenvalue weighted by Gasteiger charge is -2.24. The van der Waals surface area contributed by atoms with Gasteiger partial charge in [0, 0.05) is 50.8 Å². The molecule has 4 N–H and O–H groups in total. The Morgan fingerprint density at radius 3 is 1.37 bits per heavy atom. The van der Waals surface area contributed by atoms with Crippen LogP contribution in [0.25, 0.3) is 0 Å². The Labute approximate surface area is 373 Å². The van der Waals surface area contributed by atoms with Crippen LogP contribution >= 0.6 is 0 Å². The average molecular weight is 898 g/mol. The van der Waals surface area contributed by atoms with Gasteiger partial charge in [0.05, 0.1) is 115 Å². The number of rotatable bonds is 32. The molecule has 0 saturated heterocycles. The highest BCUT2D eigenvalue weighted by Crippen LogP contribution is 2.18. The number of carbonyl (C=O) groups excluding carboxylic acids is 3. The van der Waals surface area contributed by atoms with Gasteiger partial charge < -0.3 is 63.2 Å². The van der Waals surface area contributed by atoms with E-state index in [0.717, 1.165) is 25.7 Å². The molecule has 0 saturated carbocycles.